The van der Waals surface area contributed by atoms with Crippen LogP contribution in [0.1, 0.15) is 53.4 Å². The number of unbranched alkanes of at least 4 members (excludes halogenated alkanes) is 1. The lowest BCUT2D eigenvalue weighted by molar-refractivity contribution is 0.0404. The maximum atomic E-state index is 3.70. The predicted molar refractivity (Wildman–Crippen MR) is 67.2 cm³/mol. The molecule has 0 spiro atoms. The van der Waals surface area contributed by atoms with Gasteiger partial charge >= 0.3 is 0 Å². The van der Waals surface area contributed by atoms with Gasteiger partial charge in [0.15, 0.2) is 0 Å². The van der Waals surface area contributed by atoms with Crippen molar-refractivity contribution >= 4 is 0 Å². The summed E-state index contributed by atoms with van der Waals surface area (Å²) in [4.78, 5) is 2.52. The molecule has 0 saturated carbocycles. The molecule has 0 amide bonds. The van der Waals surface area contributed by atoms with E-state index in [9.17, 15) is 0 Å². The molecule has 1 N–H and O–H groups in total. The quantitative estimate of drug-likeness (QED) is 0.721. The largest absolute Gasteiger partial charge is 0.314 e. The van der Waals surface area contributed by atoms with Crippen LogP contribution < -0.4 is 5.32 Å². The Bertz CT molecular complexity index is 189. The predicted octanol–water partition coefficient (Wildman–Crippen LogP) is 2.64. The molecule has 0 bridgehead atoms. The molecule has 0 aliphatic carbocycles. The van der Waals surface area contributed by atoms with Gasteiger partial charge in [-0.15, -0.1) is 0 Å². The van der Waals surface area contributed by atoms with Crippen molar-refractivity contribution in [2.24, 2.45) is 0 Å². The first-order chi connectivity index (χ1) is 6.97. The Kier molecular flexibility index (Phi) is 4.60. The van der Waals surface area contributed by atoms with Crippen LogP contribution in [0.4, 0.5) is 0 Å². The zero-order valence-electron chi connectivity index (χ0n) is 11.1. The minimum Gasteiger partial charge on any atom is -0.314 e. The number of rotatable bonds is 4. The third kappa shape index (κ3) is 3.46. The van der Waals surface area contributed by atoms with Crippen molar-refractivity contribution < 1.29 is 0 Å². The number of piperidine rings is 1. The molecular formula is C13H28N2. The highest BCUT2D eigenvalue weighted by Gasteiger charge is 2.35. The van der Waals surface area contributed by atoms with E-state index in [-0.39, 0.29) is 0 Å². The maximum Gasteiger partial charge on any atom is 0.0167 e. The molecule has 90 valence electrons. The van der Waals surface area contributed by atoms with Crippen molar-refractivity contribution in [3.8, 4) is 0 Å². The molecule has 0 aromatic carbocycles. The fourth-order valence-corrected chi connectivity index (χ4v) is 2.64. The Balaban J connectivity index is 2.42. The summed E-state index contributed by atoms with van der Waals surface area (Å²) in [7, 11) is 2.26. The third-order valence-electron chi connectivity index (χ3n) is 3.95. The summed E-state index contributed by atoms with van der Waals surface area (Å²) in [6.45, 7) is 10.5. The van der Waals surface area contributed by atoms with E-state index in [0.717, 1.165) is 6.04 Å². The number of hydrogen-bond donors (Lipinski definition) is 1. The van der Waals surface area contributed by atoms with Crippen LogP contribution in [0.3, 0.4) is 0 Å². The first-order valence-electron chi connectivity index (χ1n) is 6.43. The van der Waals surface area contributed by atoms with Crippen LogP contribution in [0.15, 0.2) is 0 Å². The summed E-state index contributed by atoms with van der Waals surface area (Å²) >= 11 is 0. The first kappa shape index (κ1) is 13.0. The number of nitrogens with zero attached hydrogens (tertiary/aromatic N) is 1. The fourth-order valence-electron chi connectivity index (χ4n) is 2.64. The maximum absolute atomic E-state index is 3.70. The van der Waals surface area contributed by atoms with Crippen molar-refractivity contribution in [3.05, 3.63) is 0 Å². The number of likely N-dealkylation sites (tertiary alicyclic amines) is 1. The van der Waals surface area contributed by atoms with E-state index in [1.807, 2.05) is 0 Å². The van der Waals surface area contributed by atoms with E-state index in [2.05, 4.69) is 45.0 Å². The molecule has 0 aromatic rings. The zero-order chi connectivity index (χ0) is 11.5. The zero-order valence-corrected chi connectivity index (χ0v) is 11.1. The molecule has 1 saturated heterocycles. The number of hydrogen-bond acceptors (Lipinski definition) is 2. The molecule has 1 heterocycles. The molecule has 2 heteroatoms. The van der Waals surface area contributed by atoms with E-state index in [0.29, 0.717) is 11.6 Å². The lowest BCUT2D eigenvalue weighted by Crippen LogP contribution is -2.56. The molecule has 2 nitrogen and oxygen atoms in total. The summed E-state index contributed by atoms with van der Waals surface area (Å²) in [6, 6.07) is 1.42. The first-order valence-corrected chi connectivity index (χ1v) is 6.43. The van der Waals surface area contributed by atoms with Gasteiger partial charge in [0.25, 0.3) is 0 Å². The Morgan fingerprint density at radius 3 is 2.60 bits per heavy atom. The van der Waals surface area contributed by atoms with Crippen LogP contribution in [0.25, 0.3) is 0 Å². The smallest absolute Gasteiger partial charge is 0.0167 e. The van der Waals surface area contributed by atoms with Crippen LogP contribution in [0.5, 0.6) is 0 Å². The monoisotopic (exact) mass is 212 g/mol. The Labute approximate surface area is 95.4 Å². The average molecular weight is 212 g/mol. The van der Waals surface area contributed by atoms with Gasteiger partial charge in [-0.2, -0.15) is 0 Å². The van der Waals surface area contributed by atoms with E-state index in [4.69, 9.17) is 0 Å². The standard InChI is InChI=1S/C13H28N2/c1-6-7-8-14-12-9-11(2)15(5)13(3,4)10-12/h11-12,14H,6-10H2,1-5H3. The van der Waals surface area contributed by atoms with Crippen LogP contribution in [0.2, 0.25) is 0 Å². The van der Waals surface area contributed by atoms with Gasteiger partial charge in [0.05, 0.1) is 0 Å². The van der Waals surface area contributed by atoms with Gasteiger partial charge in [-0.3, -0.25) is 4.90 Å². The lowest BCUT2D eigenvalue weighted by atomic mass is 9.84. The van der Waals surface area contributed by atoms with E-state index in [1.165, 1.54) is 32.2 Å². The Hall–Kier alpha value is -0.0800. The van der Waals surface area contributed by atoms with E-state index in [1.54, 1.807) is 0 Å². The fraction of sp³-hybridized carbons (Fsp3) is 1.00. The van der Waals surface area contributed by atoms with Gasteiger partial charge in [0.2, 0.25) is 0 Å². The molecule has 1 rings (SSSR count). The normalized spacial score (nSPS) is 31.8. The minimum absolute atomic E-state index is 0.349. The van der Waals surface area contributed by atoms with Crippen molar-refractivity contribution in [1.29, 1.82) is 0 Å². The van der Waals surface area contributed by atoms with Gasteiger partial charge < -0.3 is 5.32 Å². The summed E-state index contributed by atoms with van der Waals surface area (Å²) in [5, 5.41) is 3.70. The molecule has 2 unspecified atom stereocenters. The third-order valence-corrected chi connectivity index (χ3v) is 3.95. The average Bonchev–Trinajstić information content (AvgIpc) is 2.14. The van der Waals surface area contributed by atoms with Gasteiger partial charge in [0, 0.05) is 17.6 Å². The molecule has 1 aliphatic heterocycles. The molecule has 0 aromatic heterocycles. The second-order valence-corrected chi connectivity index (χ2v) is 5.72. The summed E-state index contributed by atoms with van der Waals surface area (Å²) in [6.07, 6.45) is 5.17. The SMILES string of the molecule is CCCCNC1CC(C)N(C)C(C)(C)C1. The van der Waals surface area contributed by atoms with Gasteiger partial charge in [0.1, 0.15) is 0 Å². The summed E-state index contributed by atoms with van der Waals surface area (Å²) in [5.74, 6) is 0. The van der Waals surface area contributed by atoms with Gasteiger partial charge in [-0.1, -0.05) is 13.3 Å². The molecule has 1 aliphatic rings. The topological polar surface area (TPSA) is 15.3 Å². The van der Waals surface area contributed by atoms with Crippen LogP contribution in [0, 0.1) is 0 Å². The molecular weight excluding hydrogens is 184 g/mol. The van der Waals surface area contributed by atoms with Crippen molar-refractivity contribution in [1.82, 2.24) is 10.2 Å². The summed E-state index contributed by atoms with van der Waals surface area (Å²) < 4.78 is 0. The van der Waals surface area contributed by atoms with Crippen molar-refractivity contribution in [2.75, 3.05) is 13.6 Å². The summed E-state index contributed by atoms with van der Waals surface area (Å²) in [5.41, 5.74) is 0.349. The highest BCUT2D eigenvalue weighted by Crippen LogP contribution is 2.29. The van der Waals surface area contributed by atoms with Crippen molar-refractivity contribution in [2.45, 2.75) is 71.0 Å². The minimum atomic E-state index is 0.349. The van der Waals surface area contributed by atoms with E-state index >= 15 is 0 Å². The molecule has 0 radical (unpaired) electrons. The Morgan fingerprint density at radius 1 is 1.40 bits per heavy atom. The van der Waals surface area contributed by atoms with Gasteiger partial charge in [-0.25, -0.2) is 0 Å². The highest BCUT2D eigenvalue weighted by molar-refractivity contribution is 4.94. The number of nitrogens with one attached hydrogen (secondary N) is 1. The van der Waals surface area contributed by atoms with Crippen LogP contribution in [-0.2, 0) is 0 Å². The lowest BCUT2D eigenvalue weighted by Gasteiger charge is -2.48. The van der Waals surface area contributed by atoms with Crippen LogP contribution >= 0.6 is 0 Å². The van der Waals surface area contributed by atoms with Gasteiger partial charge in [-0.05, 0) is 53.6 Å². The second kappa shape index (κ2) is 5.31. The van der Waals surface area contributed by atoms with Crippen LogP contribution in [-0.4, -0.2) is 36.1 Å². The van der Waals surface area contributed by atoms with Crippen molar-refractivity contribution in [3.63, 3.8) is 0 Å². The molecule has 1 fully saturated rings. The van der Waals surface area contributed by atoms with E-state index < -0.39 is 0 Å². The molecule has 2 atom stereocenters. The molecule has 15 heavy (non-hydrogen) atoms. The second-order valence-electron chi connectivity index (χ2n) is 5.72. The highest BCUT2D eigenvalue weighted by atomic mass is 15.2. The Morgan fingerprint density at radius 2 is 2.07 bits per heavy atom.